The van der Waals surface area contributed by atoms with Crippen LogP contribution in [0.5, 0.6) is 0 Å². The minimum absolute atomic E-state index is 0.111. The van der Waals surface area contributed by atoms with E-state index in [-0.39, 0.29) is 43.3 Å². The largest absolute Gasteiger partial charge is 0.479 e. The maximum absolute atomic E-state index is 14.3. The lowest BCUT2D eigenvalue weighted by molar-refractivity contribution is -0.146. The second kappa shape index (κ2) is 12.3. The Morgan fingerprint density at radius 3 is 2.39 bits per heavy atom. The van der Waals surface area contributed by atoms with Crippen molar-refractivity contribution in [1.29, 1.82) is 0 Å². The molecule has 6 atom stereocenters. The minimum atomic E-state index is -1.43. The Bertz CT molecular complexity index is 1410. The summed E-state index contributed by atoms with van der Waals surface area (Å²) in [5.74, 6) is -2.92. The van der Waals surface area contributed by atoms with Gasteiger partial charge in [-0.25, -0.2) is 14.4 Å². The smallest absolute Gasteiger partial charge is 0.408 e. The highest BCUT2D eigenvalue weighted by Gasteiger charge is 2.62. The molecule has 0 spiro atoms. The number of allylic oxidation sites excluding steroid dienone is 1. The molecule has 1 aliphatic carbocycles. The van der Waals surface area contributed by atoms with Crippen molar-refractivity contribution in [2.45, 2.75) is 95.6 Å². The second-order valence-corrected chi connectivity index (χ2v) is 14.5. The first-order valence-electron chi connectivity index (χ1n) is 16.5. The number of alkyl carbamates (subject to hydrolysis) is 1. The van der Waals surface area contributed by atoms with Gasteiger partial charge in [0.1, 0.15) is 23.2 Å². The van der Waals surface area contributed by atoms with Gasteiger partial charge in [0.25, 0.3) is 0 Å². The molecule has 1 saturated carbocycles. The van der Waals surface area contributed by atoms with E-state index >= 15 is 0 Å². The van der Waals surface area contributed by atoms with Gasteiger partial charge >= 0.3 is 18.1 Å². The zero-order valence-electron chi connectivity index (χ0n) is 26.9. The molecule has 12 heteroatoms. The molecule has 3 fully saturated rings. The summed E-state index contributed by atoms with van der Waals surface area (Å²) in [6, 6.07) is 5.95. The topological polar surface area (TPSA) is 149 Å². The van der Waals surface area contributed by atoms with Crippen LogP contribution < -0.4 is 10.6 Å². The van der Waals surface area contributed by atoms with Gasteiger partial charge in [-0.15, -0.1) is 0 Å². The third-order valence-corrected chi connectivity index (χ3v) is 10.1. The molecule has 0 bridgehead atoms. The van der Waals surface area contributed by atoms with Gasteiger partial charge in [-0.05, 0) is 57.6 Å². The highest BCUT2D eigenvalue weighted by Crippen LogP contribution is 2.46. The zero-order chi connectivity index (χ0) is 32.8. The Hall–Kier alpha value is -4.09. The molecule has 248 valence electrons. The van der Waals surface area contributed by atoms with Crippen LogP contribution in [0.25, 0.3) is 0 Å². The van der Waals surface area contributed by atoms with E-state index in [1.54, 1.807) is 30.6 Å². The van der Waals surface area contributed by atoms with Crippen molar-refractivity contribution in [2.75, 3.05) is 19.6 Å². The van der Waals surface area contributed by atoms with Gasteiger partial charge in [-0.3, -0.25) is 9.59 Å². The molecular formula is C34H45N5O7. The second-order valence-electron chi connectivity index (χ2n) is 14.5. The summed E-state index contributed by atoms with van der Waals surface area (Å²) in [7, 11) is 0. The van der Waals surface area contributed by atoms with Gasteiger partial charge in [0.05, 0.1) is 0 Å². The Labute approximate surface area is 269 Å². The number of hydrogen-bond acceptors (Lipinski definition) is 6. The number of amides is 5. The van der Waals surface area contributed by atoms with Crippen LogP contribution in [0.1, 0.15) is 70.4 Å². The number of carbonyl (C=O) groups is 5. The summed E-state index contributed by atoms with van der Waals surface area (Å²) in [6.07, 6.45) is 6.91. The molecule has 2 saturated heterocycles. The number of hydrogen-bond donors (Lipinski definition) is 3. The lowest BCUT2D eigenvalue weighted by Gasteiger charge is -2.33. The number of carboxylic acid groups (broad SMARTS) is 1. The van der Waals surface area contributed by atoms with Crippen molar-refractivity contribution in [3.63, 3.8) is 0 Å². The molecule has 5 amide bonds. The first kappa shape index (κ1) is 31.9. The number of likely N-dealkylation sites (tertiary alicyclic amines) is 1. The fourth-order valence-corrected chi connectivity index (χ4v) is 7.64. The number of ether oxygens (including phenoxy) is 1. The Morgan fingerprint density at radius 2 is 1.72 bits per heavy atom. The Morgan fingerprint density at radius 1 is 1.00 bits per heavy atom. The van der Waals surface area contributed by atoms with Crippen LogP contribution in [0.4, 0.5) is 9.59 Å². The molecule has 1 aromatic rings. The molecule has 1 aromatic carbocycles. The number of nitrogens with one attached hydrogen (secondary N) is 2. The van der Waals surface area contributed by atoms with Crippen LogP contribution in [-0.4, -0.2) is 92.6 Å². The molecular weight excluding hydrogens is 590 g/mol. The number of aliphatic carboxylic acids is 1. The highest BCUT2D eigenvalue weighted by atomic mass is 16.6. The molecule has 5 aliphatic rings. The molecule has 6 rings (SSSR count). The number of benzene rings is 1. The van der Waals surface area contributed by atoms with E-state index in [0.29, 0.717) is 32.5 Å². The van der Waals surface area contributed by atoms with Crippen molar-refractivity contribution in [3.8, 4) is 0 Å². The number of carbonyl (C=O) groups excluding carboxylic acids is 4. The van der Waals surface area contributed by atoms with Gasteiger partial charge in [0.15, 0.2) is 0 Å². The molecule has 3 N–H and O–H groups in total. The number of nitrogens with zero attached hydrogens (tertiary/aromatic N) is 3. The molecule has 0 radical (unpaired) electrons. The van der Waals surface area contributed by atoms with Gasteiger partial charge in [-0.1, -0.05) is 49.3 Å². The lowest BCUT2D eigenvalue weighted by Crippen LogP contribution is -2.58. The number of carboxylic acids is 1. The third kappa shape index (κ3) is 6.30. The van der Waals surface area contributed by atoms with E-state index in [4.69, 9.17) is 4.74 Å². The third-order valence-electron chi connectivity index (χ3n) is 10.1. The monoisotopic (exact) mass is 635 g/mol. The van der Waals surface area contributed by atoms with Crippen LogP contribution in [0, 0.1) is 17.8 Å². The maximum atomic E-state index is 14.3. The van der Waals surface area contributed by atoms with E-state index in [9.17, 15) is 29.1 Å². The molecule has 12 nitrogen and oxygen atoms in total. The van der Waals surface area contributed by atoms with E-state index in [1.807, 2.05) is 36.4 Å². The summed E-state index contributed by atoms with van der Waals surface area (Å²) in [5.41, 5.74) is 0.0439. The van der Waals surface area contributed by atoms with Crippen LogP contribution in [0.15, 0.2) is 36.4 Å². The van der Waals surface area contributed by atoms with E-state index in [1.165, 1.54) is 4.90 Å². The zero-order valence-corrected chi connectivity index (χ0v) is 26.9. The number of urea groups is 1. The quantitative estimate of drug-likeness (QED) is 0.423. The van der Waals surface area contributed by atoms with E-state index in [0.717, 1.165) is 30.4 Å². The summed E-state index contributed by atoms with van der Waals surface area (Å²) in [5, 5.41) is 15.8. The Balaban J connectivity index is 1.25. The van der Waals surface area contributed by atoms with Gasteiger partial charge in [0.2, 0.25) is 11.8 Å². The molecule has 0 aromatic heterocycles. The average Bonchev–Trinajstić information content (AvgIpc) is 3.29. The highest BCUT2D eigenvalue weighted by molar-refractivity contribution is 5.96. The first-order valence-corrected chi connectivity index (χ1v) is 16.5. The summed E-state index contributed by atoms with van der Waals surface area (Å²) in [6.45, 7) is 7.15. The number of fused-ring (bicyclic) bond motifs is 5. The van der Waals surface area contributed by atoms with E-state index in [2.05, 4.69) is 10.6 Å². The van der Waals surface area contributed by atoms with Crippen molar-refractivity contribution in [1.82, 2.24) is 25.3 Å². The average molecular weight is 636 g/mol. The predicted octanol–water partition coefficient (Wildman–Crippen LogP) is 3.25. The van der Waals surface area contributed by atoms with E-state index < -0.39 is 47.1 Å². The lowest BCUT2D eigenvalue weighted by atomic mass is 9.93. The Kier molecular flexibility index (Phi) is 8.49. The van der Waals surface area contributed by atoms with Crippen LogP contribution in [-0.2, 0) is 32.2 Å². The molecule has 4 aliphatic heterocycles. The van der Waals surface area contributed by atoms with Gasteiger partial charge < -0.3 is 35.2 Å². The van der Waals surface area contributed by atoms with Crippen molar-refractivity contribution >= 4 is 29.9 Å². The predicted molar refractivity (Wildman–Crippen MR) is 167 cm³/mol. The van der Waals surface area contributed by atoms with Gasteiger partial charge in [0, 0.05) is 50.5 Å². The first-order chi connectivity index (χ1) is 21.9. The molecule has 46 heavy (non-hydrogen) atoms. The molecule has 0 unspecified atom stereocenters. The summed E-state index contributed by atoms with van der Waals surface area (Å²) < 4.78 is 5.47. The normalized spacial score (nSPS) is 31.8. The minimum Gasteiger partial charge on any atom is -0.479 e. The van der Waals surface area contributed by atoms with Gasteiger partial charge in [-0.2, -0.15) is 0 Å². The summed E-state index contributed by atoms with van der Waals surface area (Å²) in [4.78, 5) is 72.4. The number of rotatable bonds is 2. The van der Waals surface area contributed by atoms with Crippen LogP contribution in [0.2, 0.25) is 0 Å². The van der Waals surface area contributed by atoms with Crippen molar-refractivity contribution in [2.24, 2.45) is 17.8 Å². The van der Waals surface area contributed by atoms with Crippen LogP contribution >= 0.6 is 0 Å². The fourth-order valence-electron chi connectivity index (χ4n) is 7.64. The standard InChI is InChI=1S/C34H45N5O7/c1-33(2,3)46-31(44)35-26-14-8-6-4-5-7-13-24-15-34(24,30(42)43)36-28(40)27-25-20-38(18-23(25)19-39(27)29(26)41)32(45)37-16-21-11-9-10-12-22(21)17-37/h7,9-13,23-27H,4-6,8,14-20H2,1-3H3,(H,35,44)(H,36,40)(H,42,43)/b13-7-/t23-,24+,25-,26+,27-,34-/m0/s1. The van der Waals surface area contributed by atoms with Crippen LogP contribution in [0.3, 0.4) is 0 Å². The van der Waals surface area contributed by atoms with Crippen molar-refractivity contribution in [3.05, 3.63) is 47.5 Å². The SMILES string of the molecule is CC(C)(C)OC(=O)N[C@@H]1CCCCC/C=C\[C@@H]2C[C@]2(C(=O)O)NC(=O)[C@@H]2[C@H]3CN(C(=O)N4Cc5ccccc5C4)C[C@H]3CN2C1=O. The fraction of sp³-hybridized carbons (Fsp3) is 0.618. The van der Waals surface area contributed by atoms with Crippen molar-refractivity contribution < 1.29 is 33.8 Å². The molecule has 4 heterocycles. The summed E-state index contributed by atoms with van der Waals surface area (Å²) >= 11 is 0. The maximum Gasteiger partial charge on any atom is 0.408 e.